The number of aliphatic hydroxyl groups excluding tert-OH is 1. The summed E-state index contributed by atoms with van der Waals surface area (Å²) in [6.07, 6.45) is 9.31. The molecular formula is C35H44BrNO8. The summed E-state index contributed by atoms with van der Waals surface area (Å²) in [5, 5.41) is 11.0. The quantitative estimate of drug-likeness (QED) is 0.139. The number of allylic oxidation sites excluding steroid dienone is 3. The second-order valence-corrected chi connectivity index (χ2v) is 12.9. The maximum Gasteiger partial charge on any atom is 0.331 e. The Morgan fingerprint density at radius 1 is 1.11 bits per heavy atom. The van der Waals surface area contributed by atoms with E-state index in [1.54, 1.807) is 57.2 Å². The molecule has 0 spiro atoms. The molecule has 1 fully saturated rings. The fraction of sp³-hybridized carbons (Fsp3) is 0.514. The van der Waals surface area contributed by atoms with Crippen LogP contribution in [0, 0.1) is 17.8 Å². The first-order chi connectivity index (χ1) is 21.4. The topological polar surface area (TPSA) is 127 Å². The smallest absolute Gasteiger partial charge is 0.331 e. The molecule has 1 aromatic rings. The van der Waals surface area contributed by atoms with Gasteiger partial charge in [0.15, 0.2) is 5.78 Å². The lowest BCUT2D eigenvalue weighted by molar-refractivity contribution is -0.150. The number of nitrogens with zero attached hydrogens (tertiary/aromatic N) is 1. The number of imide groups is 1. The third-order valence-corrected chi connectivity index (χ3v) is 8.98. The summed E-state index contributed by atoms with van der Waals surface area (Å²) in [4.78, 5) is 64.7. The predicted octanol–water partition coefficient (Wildman–Crippen LogP) is 5.55. The van der Waals surface area contributed by atoms with E-state index in [1.807, 2.05) is 12.2 Å². The van der Waals surface area contributed by atoms with Gasteiger partial charge < -0.3 is 14.6 Å². The van der Waals surface area contributed by atoms with Crippen LogP contribution in [0.2, 0.25) is 0 Å². The third kappa shape index (κ3) is 10.7. The summed E-state index contributed by atoms with van der Waals surface area (Å²) in [5.41, 5.74) is 1.09. The van der Waals surface area contributed by atoms with Crippen LogP contribution in [0.1, 0.15) is 76.1 Å². The Hall–Kier alpha value is -3.21. The number of Topliss-reactive ketones (excluding diaryl/α,β-unsaturated/α-hetero) is 2. The van der Waals surface area contributed by atoms with Crippen LogP contribution < -0.4 is 0 Å². The highest BCUT2D eigenvalue weighted by atomic mass is 79.9. The second kappa shape index (κ2) is 17.5. The van der Waals surface area contributed by atoms with Crippen molar-refractivity contribution in [2.45, 2.75) is 84.0 Å². The fourth-order valence-corrected chi connectivity index (χ4v) is 6.01. The van der Waals surface area contributed by atoms with Crippen LogP contribution in [0.5, 0.6) is 0 Å². The van der Waals surface area contributed by atoms with E-state index < -0.39 is 36.1 Å². The Morgan fingerprint density at radius 3 is 2.40 bits per heavy atom. The maximum absolute atomic E-state index is 13.1. The molecule has 45 heavy (non-hydrogen) atoms. The van der Waals surface area contributed by atoms with Crippen molar-refractivity contribution in [2.24, 2.45) is 17.8 Å². The van der Waals surface area contributed by atoms with Crippen molar-refractivity contribution in [2.75, 3.05) is 13.7 Å². The number of ether oxygens (including phenoxy) is 2. The summed E-state index contributed by atoms with van der Waals surface area (Å²) in [6.45, 7) is 5.06. The van der Waals surface area contributed by atoms with Gasteiger partial charge in [-0.15, -0.1) is 0 Å². The Kier molecular flexibility index (Phi) is 14.1. The van der Waals surface area contributed by atoms with Crippen molar-refractivity contribution in [3.8, 4) is 0 Å². The van der Waals surface area contributed by atoms with E-state index in [2.05, 4.69) is 15.9 Å². The Balaban J connectivity index is 1.55. The van der Waals surface area contributed by atoms with Crippen molar-refractivity contribution >= 4 is 45.3 Å². The van der Waals surface area contributed by atoms with Gasteiger partial charge in [0.1, 0.15) is 18.0 Å². The van der Waals surface area contributed by atoms with E-state index in [1.165, 1.54) is 13.2 Å². The molecule has 2 aliphatic heterocycles. The van der Waals surface area contributed by atoms with Gasteiger partial charge in [0.25, 0.3) is 0 Å². The van der Waals surface area contributed by atoms with Gasteiger partial charge in [0.2, 0.25) is 11.8 Å². The molecular weight excluding hydrogens is 642 g/mol. The number of carbonyl (C=O) groups is 5. The van der Waals surface area contributed by atoms with Crippen molar-refractivity contribution in [1.29, 1.82) is 0 Å². The Morgan fingerprint density at radius 2 is 1.76 bits per heavy atom. The zero-order valence-electron chi connectivity index (χ0n) is 26.4. The second-order valence-electron chi connectivity index (χ2n) is 12.0. The Bertz CT molecular complexity index is 1300. The molecule has 1 aromatic carbocycles. The van der Waals surface area contributed by atoms with Crippen molar-refractivity contribution < 1.29 is 38.6 Å². The number of methoxy groups -OCH3 is 1. The van der Waals surface area contributed by atoms with Gasteiger partial charge in [0.05, 0.1) is 12.6 Å². The minimum absolute atomic E-state index is 0.0187. The van der Waals surface area contributed by atoms with E-state index in [4.69, 9.17) is 9.47 Å². The van der Waals surface area contributed by atoms with Gasteiger partial charge in [-0.1, -0.05) is 66.2 Å². The molecule has 9 nitrogen and oxygen atoms in total. The van der Waals surface area contributed by atoms with Crippen LogP contribution in [0.25, 0.3) is 0 Å². The average molecular weight is 687 g/mol. The van der Waals surface area contributed by atoms with Gasteiger partial charge in [0, 0.05) is 54.3 Å². The number of aliphatic hydroxyl groups is 1. The van der Waals surface area contributed by atoms with E-state index in [0.29, 0.717) is 36.8 Å². The number of hydrogen-bond acceptors (Lipinski definition) is 8. The molecule has 0 unspecified atom stereocenters. The number of carbonyl (C=O) groups excluding carboxylic acids is 5. The number of halogens is 1. The van der Waals surface area contributed by atoms with Crippen molar-refractivity contribution in [3.05, 3.63) is 70.3 Å². The van der Waals surface area contributed by atoms with Gasteiger partial charge in [-0.25, -0.2) is 4.79 Å². The molecule has 3 rings (SSSR count). The van der Waals surface area contributed by atoms with Gasteiger partial charge >= 0.3 is 5.97 Å². The lowest BCUT2D eigenvalue weighted by atomic mass is 9.86. The summed E-state index contributed by atoms with van der Waals surface area (Å²) in [5.74, 6) is -2.75. The van der Waals surface area contributed by atoms with Crippen LogP contribution >= 0.6 is 15.9 Å². The maximum atomic E-state index is 13.1. The average Bonchev–Trinajstić information content (AvgIpc) is 3.00. The number of esters is 1. The number of cyclic esters (lactones) is 1. The monoisotopic (exact) mass is 685 g/mol. The molecule has 10 heteroatoms. The van der Waals surface area contributed by atoms with Crippen LogP contribution in [0.3, 0.4) is 0 Å². The van der Waals surface area contributed by atoms with Crippen molar-refractivity contribution in [1.82, 2.24) is 4.90 Å². The molecule has 244 valence electrons. The molecule has 2 heterocycles. The van der Waals surface area contributed by atoms with E-state index in [9.17, 15) is 29.1 Å². The molecule has 0 saturated carbocycles. The summed E-state index contributed by atoms with van der Waals surface area (Å²) in [6, 6.07) is 6.76. The van der Waals surface area contributed by atoms with Gasteiger partial charge in [-0.2, -0.15) is 0 Å². The molecule has 0 aliphatic carbocycles. The first kappa shape index (κ1) is 36.3. The third-order valence-electron chi connectivity index (χ3n) is 8.45. The first-order valence-electron chi connectivity index (χ1n) is 15.5. The number of benzene rings is 1. The number of rotatable bonds is 11. The first-order valence-corrected chi connectivity index (χ1v) is 16.3. The largest absolute Gasteiger partial charge is 0.454 e. The molecule has 2 amide bonds. The number of ketones is 2. The standard InChI is InChI=1S/C35H44BrNO8/c1-22(18-23(2)35-24(3)34(43)30(44-4)12-7-5-6-8-13-33(42)45-35)28(38)11-9-10-25-19-31(40)37(32(41)20-25)21-29(39)26-14-16-27(36)17-15-26/h7-8,12-18,22,24-25,30,34-35,43H,5-6,9-11,19-21H2,1-4H3/b12-7+,13-8+,23-18+/t22-,24-,30-,34-,35-/m0/s1. The normalized spacial score (nSPS) is 26.0. The minimum Gasteiger partial charge on any atom is -0.454 e. The molecule has 0 radical (unpaired) electrons. The molecule has 0 bridgehead atoms. The summed E-state index contributed by atoms with van der Waals surface area (Å²) in [7, 11) is 1.52. The molecule has 2 aliphatic rings. The zero-order valence-corrected chi connectivity index (χ0v) is 28.0. The lowest BCUT2D eigenvalue weighted by Crippen LogP contribution is -2.45. The van der Waals surface area contributed by atoms with Crippen LogP contribution in [-0.4, -0.2) is 71.3 Å². The SMILES string of the molecule is CO[C@H]1/C=C/CC/C=C/C(=O)O[C@@H](/C(C)=C/[C@H](C)C(=O)CCCC2CC(=O)N(CC(=O)c3ccc(Br)cc3)C(=O)C2)[C@@H](C)[C@@H]1O. The Labute approximate surface area is 273 Å². The summed E-state index contributed by atoms with van der Waals surface area (Å²) < 4.78 is 12.0. The molecule has 5 atom stereocenters. The highest BCUT2D eigenvalue weighted by molar-refractivity contribution is 9.10. The molecule has 0 aromatic heterocycles. The highest BCUT2D eigenvalue weighted by Crippen LogP contribution is 2.28. The minimum atomic E-state index is -0.947. The van der Waals surface area contributed by atoms with E-state index >= 15 is 0 Å². The van der Waals surface area contributed by atoms with Crippen LogP contribution in [0.4, 0.5) is 0 Å². The van der Waals surface area contributed by atoms with Gasteiger partial charge in [-0.3, -0.25) is 24.1 Å². The van der Waals surface area contributed by atoms with E-state index in [0.717, 1.165) is 9.37 Å². The fourth-order valence-electron chi connectivity index (χ4n) is 5.74. The van der Waals surface area contributed by atoms with Gasteiger partial charge in [-0.05, 0) is 56.2 Å². The molecule has 1 saturated heterocycles. The number of hydrogen-bond donors (Lipinski definition) is 1. The molecule has 1 N–H and O–H groups in total. The predicted molar refractivity (Wildman–Crippen MR) is 173 cm³/mol. The summed E-state index contributed by atoms with van der Waals surface area (Å²) >= 11 is 3.32. The van der Waals surface area contributed by atoms with E-state index in [-0.39, 0.29) is 55.1 Å². The van der Waals surface area contributed by atoms with Crippen LogP contribution in [-0.2, 0) is 28.7 Å². The van der Waals surface area contributed by atoms with Crippen LogP contribution in [0.15, 0.2) is 64.7 Å². The highest BCUT2D eigenvalue weighted by Gasteiger charge is 2.35. The number of likely N-dealkylation sites (tertiary alicyclic amines) is 1. The lowest BCUT2D eigenvalue weighted by Gasteiger charge is -2.31. The number of amides is 2. The number of piperidine rings is 1. The van der Waals surface area contributed by atoms with Crippen molar-refractivity contribution in [3.63, 3.8) is 0 Å². The zero-order chi connectivity index (χ0) is 33.1.